The molecule has 4 heteroatoms. The number of hydrogen-bond acceptors (Lipinski definition) is 3. The smallest absolute Gasteiger partial charge is 0.110 e. The molecule has 0 aliphatic carbocycles. The first-order chi connectivity index (χ1) is 7.38. The number of rotatable bonds is 4. The van der Waals surface area contributed by atoms with Gasteiger partial charge in [-0.1, -0.05) is 0 Å². The van der Waals surface area contributed by atoms with Crippen LogP contribution in [0.3, 0.4) is 0 Å². The molecule has 0 bridgehead atoms. The van der Waals surface area contributed by atoms with Gasteiger partial charge in [0.05, 0.1) is 0 Å². The number of imidazole rings is 1. The molecule has 2 rings (SSSR count). The monoisotopic (exact) mass is 202 g/mol. The molecule has 2 heterocycles. The molecule has 0 atom stereocenters. The Morgan fingerprint density at radius 1 is 1.33 bits per heavy atom. The first-order valence-electron chi connectivity index (χ1n) is 4.95. The zero-order valence-corrected chi connectivity index (χ0v) is 8.70. The van der Waals surface area contributed by atoms with Crippen LogP contribution in [0.5, 0.6) is 0 Å². The van der Waals surface area contributed by atoms with E-state index in [1.807, 2.05) is 25.4 Å². The molecule has 0 aliphatic rings. The number of pyridine rings is 1. The average molecular weight is 202 g/mol. The van der Waals surface area contributed by atoms with Gasteiger partial charge in [-0.2, -0.15) is 0 Å². The van der Waals surface area contributed by atoms with Crippen molar-refractivity contribution in [3.8, 4) is 0 Å². The molecular formula is C11H14N4. The number of hydrogen-bond donors (Lipinski definition) is 2. The van der Waals surface area contributed by atoms with E-state index in [9.17, 15) is 0 Å². The first kappa shape index (κ1) is 9.86. The minimum Gasteiger partial charge on any atom is -0.345 e. The number of nitrogens with one attached hydrogen (secondary N) is 2. The summed E-state index contributed by atoms with van der Waals surface area (Å²) in [6.45, 7) is 0.823. The van der Waals surface area contributed by atoms with Gasteiger partial charge in [0.15, 0.2) is 0 Å². The van der Waals surface area contributed by atoms with Crippen molar-refractivity contribution in [1.29, 1.82) is 0 Å². The van der Waals surface area contributed by atoms with Gasteiger partial charge < -0.3 is 10.3 Å². The summed E-state index contributed by atoms with van der Waals surface area (Å²) < 4.78 is 0. The van der Waals surface area contributed by atoms with E-state index < -0.39 is 0 Å². The summed E-state index contributed by atoms with van der Waals surface area (Å²) in [5, 5.41) is 3.08. The molecule has 0 unspecified atom stereocenters. The third-order valence-corrected chi connectivity index (χ3v) is 2.17. The van der Waals surface area contributed by atoms with Crippen LogP contribution >= 0.6 is 0 Å². The molecule has 0 saturated carbocycles. The SMILES string of the molecule is CNCc1cnc(Cc2ccncc2)[nH]1. The van der Waals surface area contributed by atoms with Crippen LogP contribution in [0.15, 0.2) is 30.7 Å². The summed E-state index contributed by atoms with van der Waals surface area (Å²) in [4.78, 5) is 11.6. The normalized spacial score (nSPS) is 10.5. The zero-order valence-electron chi connectivity index (χ0n) is 8.70. The van der Waals surface area contributed by atoms with Crippen molar-refractivity contribution in [2.24, 2.45) is 0 Å². The lowest BCUT2D eigenvalue weighted by molar-refractivity contribution is 0.793. The van der Waals surface area contributed by atoms with Crippen LogP contribution in [0.25, 0.3) is 0 Å². The topological polar surface area (TPSA) is 53.6 Å². The Bertz CT molecular complexity index is 408. The van der Waals surface area contributed by atoms with Gasteiger partial charge in [-0.25, -0.2) is 4.98 Å². The molecule has 0 amide bonds. The zero-order chi connectivity index (χ0) is 10.5. The van der Waals surface area contributed by atoms with Crippen molar-refractivity contribution in [2.75, 3.05) is 7.05 Å². The van der Waals surface area contributed by atoms with Gasteiger partial charge in [-0.15, -0.1) is 0 Å². The average Bonchev–Trinajstić information content (AvgIpc) is 2.68. The molecule has 0 spiro atoms. The van der Waals surface area contributed by atoms with Crippen LogP contribution < -0.4 is 5.32 Å². The Morgan fingerprint density at radius 2 is 2.13 bits per heavy atom. The Kier molecular flexibility index (Phi) is 3.09. The summed E-state index contributed by atoms with van der Waals surface area (Å²) in [6, 6.07) is 4.00. The fourth-order valence-electron chi connectivity index (χ4n) is 1.47. The van der Waals surface area contributed by atoms with Crippen molar-refractivity contribution >= 4 is 0 Å². The van der Waals surface area contributed by atoms with Crippen LogP contribution in [0.1, 0.15) is 17.1 Å². The minimum atomic E-state index is 0.823. The van der Waals surface area contributed by atoms with Crippen molar-refractivity contribution < 1.29 is 0 Å². The summed E-state index contributed by atoms with van der Waals surface area (Å²) in [7, 11) is 1.92. The summed E-state index contributed by atoms with van der Waals surface area (Å²) in [5.41, 5.74) is 2.33. The van der Waals surface area contributed by atoms with E-state index in [4.69, 9.17) is 0 Å². The van der Waals surface area contributed by atoms with E-state index in [-0.39, 0.29) is 0 Å². The second-order valence-electron chi connectivity index (χ2n) is 3.42. The molecule has 4 nitrogen and oxygen atoms in total. The van der Waals surface area contributed by atoms with Crippen LogP contribution in [0.4, 0.5) is 0 Å². The highest BCUT2D eigenvalue weighted by molar-refractivity contribution is 5.16. The Labute approximate surface area is 88.8 Å². The second kappa shape index (κ2) is 4.70. The first-order valence-corrected chi connectivity index (χ1v) is 4.95. The highest BCUT2D eigenvalue weighted by atomic mass is 14.9. The Morgan fingerprint density at radius 3 is 2.87 bits per heavy atom. The lowest BCUT2D eigenvalue weighted by Gasteiger charge is -1.97. The van der Waals surface area contributed by atoms with Gasteiger partial charge in [0, 0.05) is 37.3 Å². The van der Waals surface area contributed by atoms with E-state index in [0.29, 0.717) is 0 Å². The van der Waals surface area contributed by atoms with Gasteiger partial charge in [0.1, 0.15) is 5.82 Å². The highest BCUT2D eigenvalue weighted by Gasteiger charge is 2.00. The largest absolute Gasteiger partial charge is 0.345 e. The minimum absolute atomic E-state index is 0.823. The fraction of sp³-hybridized carbons (Fsp3) is 0.273. The lowest BCUT2D eigenvalue weighted by atomic mass is 10.2. The molecule has 0 radical (unpaired) electrons. The summed E-state index contributed by atoms with van der Waals surface area (Å²) in [6.07, 6.45) is 6.29. The highest BCUT2D eigenvalue weighted by Crippen LogP contribution is 2.05. The third-order valence-electron chi connectivity index (χ3n) is 2.17. The second-order valence-corrected chi connectivity index (χ2v) is 3.42. The van der Waals surface area contributed by atoms with E-state index in [1.165, 1.54) is 5.56 Å². The lowest BCUT2D eigenvalue weighted by Crippen LogP contribution is -2.05. The van der Waals surface area contributed by atoms with Gasteiger partial charge in [-0.3, -0.25) is 4.98 Å². The van der Waals surface area contributed by atoms with Gasteiger partial charge in [-0.05, 0) is 24.7 Å². The number of nitrogens with zero attached hydrogens (tertiary/aromatic N) is 2. The maximum absolute atomic E-state index is 4.31. The van der Waals surface area contributed by atoms with Gasteiger partial charge in [0.2, 0.25) is 0 Å². The van der Waals surface area contributed by atoms with E-state index in [0.717, 1.165) is 24.5 Å². The van der Waals surface area contributed by atoms with Gasteiger partial charge >= 0.3 is 0 Å². The number of aromatic nitrogens is 3. The van der Waals surface area contributed by atoms with Crippen LogP contribution in [0.2, 0.25) is 0 Å². The third kappa shape index (κ3) is 2.63. The molecule has 2 aromatic rings. The maximum atomic E-state index is 4.31. The quantitative estimate of drug-likeness (QED) is 0.781. The summed E-state index contributed by atoms with van der Waals surface area (Å²) in [5.74, 6) is 0.992. The predicted molar refractivity (Wildman–Crippen MR) is 58.4 cm³/mol. The van der Waals surface area contributed by atoms with E-state index >= 15 is 0 Å². The van der Waals surface area contributed by atoms with Crippen molar-refractivity contribution in [3.05, 3.63) is 47.8 Å². The maximum Gasteiger partial charge on any atom is 0.110 e. The molecule has 2 aromatic heterocycles. The fourth-order valence-corrected chi connectivity index (χ4v) is 1.47. The molecule has 0 fully saturated rings. The number of aromatic amines is 1. The van der Waals surface area contributed by atoms with Crippen molar-refractivity contribution in [1.82, 2.24) is 20.3 Å². The van der Waals surface area contributed by atoms with Crippen LogP contribution in [0, 0.1) is 0 Å². The van der Waals surface area contributed by atoms with Crippen molar-refractivity contribution in [2.45, 2.75) is 13.0 Å². The van der Waals surface area contributed by atoms with Crippen LogP contribution in [-0.4, -0.2) is 22.0 Å². The molecule has 15 heavy (non-hydrogen) atoms. The Hall–Kier alpha value is -1.68. The van der Waals surface area contributed by atoms with Gasteiger partial charge in [0.25, 0.3) is 0 Å². The Balaban J connectivity index is 2.05. The van der Waals surface area contributed by atoms with Crippen LogP contribution in [-0.2, 0) is 13.0 Å². The standard InChI is InChI=1S/C11H14N4/c1-12-7-10-8-14-11(15-10)6-9-2-4-13-5-3-9/h2-5,8,12H,6-7H2,1H3,(H,14,15). The molecule has 78 valence electrons. The molecule has 0 saturated heterocycles. The predicted octanol–water partition coefficient (Wildman–Crippen LogP) is 1.11. The summed E-state index contributed by atoms with van der Waals surface area (Å²) >= 11 is 0. The molecule has 2 N–H and O–H groups in total. The molecular weight excluding hydrogens is 188 g/mol. The molecule has 0 aromatic carbocycles. The van der Waals surface area contributed by atoms with E-state index in [1.54, 1.807) is 12.4 Å². The van der Waals surface area contributed by atoms with Crippen molar-refractivity contribution in [3.63, 3.8) is 0 Å². The molecule has 0 aliphatic heterocycles. The number of H-pyrrole nitrogens is 1. The van der Waals surface area contributed by atoms with E-state index in [2.05, 4.69) is 20.3 Å².